The van der Waals surface area contributed by atoms with Crippen molar-refractivity contribution in [3.8, 4) is 0 Å². The molecule has 1 aromatic carbocycles. The van der Waals surface area contributed by atoms with Crippen molar-refractivity contribution in [2.45, 2.75) is 19.4 Å². The van der Waals surface area contributed by atoms with Gasteiger partial charge in [-0.3, -0.25) is 0 Å². The third kappa shape index (κ3) is 1.89. The predicted octanol–water partition coefficient (Wildman–Crippen LogP) is 1.91. The van der Waals surface area contributed by atoms with E-state index < -0.39 is 11.5 Å². The van der Waals surface area contributed by atoms with Gasteiger partial charge in [0, 0.05) is 5.02 Å². The summed E-state index contributed by atoms with van der Waals surface area (Å²) in [6.45, 7) is 3.27. The summed E-state index contributed by atoms with van der Waals surface area (Å²) in [5.41, 5.74) is 5.66. The Morgan fingerprint density at radius 1 is 1.57 bits per heavy atom. The molecule has 0 unspecified atom stereocenters. The molecule has 3 N–H and O–H groups in total. The SMILES string of the molecule is Cc1cc([C@](C)(N)C(=O)O)ccc1Cl. The maximum absolute atomic E-state index is 10.9. The lowest BCUT2D eigenvalue weighted by Gasteiger charge is -2.20. The summed E-state index contributed by atoms with van der Waals surface area (Å²) in [5, 5.41) is 9.50. The Labute approximate surface area is 87.5 Å². The summed E-state index contributed by atoms with van der Waals surface area (Å²) in [6, 6.07) is 4.97. The highest BCUT2D eigenvalue weighted by Crippen LogP contribution is 2.23. The number of benzene rings is 1. The summed E-state index contributed by atoms with van der Waals surface area (Å²) in [4.78, 5) is 10.9. The van der Waals surface area contributed by atoms with Crippen LogP contribution in [0.5, 0.6) is 0 Å². The normalized spacial score (nSPS) is 14.9. The molecule has 0 bridgehead atoms. The van der Waals surface area contributed by atoms with Gasteiger partial charge in [0.05, 0.1) is 0 Å². The minimum absolute atomic E-state index is 0.548. The number of rotatable bonds is 2. The molecule has 76 valence electrons. The number of aliphatic carboxylic acids is 1. The summed E-state index contributed by atoms with van der Waals surface area (Å²) in [5.74, 6) is -1.06. The highest BCUT2D eigenvalue weighted by atomic mass is 35.5. The largest absolute Gasteiger partial charge is 0.480 e. The molecular formula is C10H12ClNO2. The Kier molecular flexibility index (Phi) is 2.83. The zero-order valence-corrected chi connectivity index (χ0v) is 8.80. The van der Waals surface area contributed by atoms with Crippen molar-refractivity contribution in [2.75, 3.05) is 0 Å². The fourth-order valence-electron chi connectivity index (χ4n) is 1.09. The second kappa shape index (κ2) is 3.59. The third-order valence-electron chi connectivity index (χ3n) is 2.20. The number of halogens is 1. The van der Waals surface area contributed by atoms with Gasteiger partial charge in [-0.2, -0.15) is 0 Å². The molecule has 0 aromatic heterocycles. The molecule has 0 radical (unpaired) electrons. The van der Waals surface area contributed by atoms with E-state index in [4.69, 9.17) is 22.4 Å². The van der Waals surface area contributed by atoms with Gasteiger partial charge in [0.15, 0.2) is 0 Å². The molecule has 14 heavy (non-hydrogen) atoms. The molecule has 0 heterocycles. The van der Waals surface area contributed by atoms with E-state index in [1.165, 1.54) is 6.92 Å². The first kappa shape index (κ1) is 11.0. The highest BCUT2D eigenvalue weighted by molar-refractivity contribution is 6.31. The molecule has 1 aromatic rings. The molecular weight excluding hydrogens is 202 g/mol. The molecule has 0 saturated carbocycles. The number of carboxylic acid groups (broad SMARTS) is 1. The molecule has 1 rings (SSSR count). The van der Waals surface area contributed by atoms with Crippen molar-refractivity contribution < 1.29 is 9.90 Å². The van der Waals surface area contributed by atoms with E-state index in [-0.39, 0.29) is 0 Å². The number of hydrogen-bond acceptors (Lipinski definition) is 2. The van der Waals surface area contributed by atoms with Crippen LogP contribution in [0.2, 0.25) is 5.02 Å². The predicted molar refractivity (Wildman–Crippen MR) is 55.4 cm³/mol. The molecule has 0 amide bonds. The molecule has 0 aliphatic heterocycles. The van der Waals surface area contributed by atoms with Crippen LogP contribution in [-0.4, -0.2) is 11.1 Å². The number of carboxylic acids is 1. The summed E-state index contributed by atoms with van der Waals surface area (Å²) >= 11 is 5.82. The van der Waals surface area contributed by atoms with Crippen LogP contribution in [0.4, 0.5) is 0 Å². The van der Waals surface area contributed by atoms with Crippen LogP contribution in [0.1, 0.15) is 18.1 Å². The maximum atomic E-state index is 10.9. The van der Waals surface area contributed by atoms with Crippen molar-refractivity contribution in [3.63, 3.8) is 0 Å². The summed E-state index contributed by atoms with van der Waals surface area (Å²) in [6.07, 6.45) is 0. The first-order valence-electron chi connectivity index (χ1n) is 4.14. The standard InChI is InChI=1S/C10H12ClNO2/c1-6-5-7(3-4-8(6)11)10(2,12)9(13)14/h3-5H,12H2,1-2H3,(H,13,14)/t10-/m0/s1. The third-order valence-corrected chi connectivity index (χ3v) is 2.63. The fraction of sp³-hybridized carbons (Fsp3) is 0.300. The molecule has 4 heteroatoms. The summed E-state index contributed by atoms with van der Waals surface area (Å²) in [7, 11) is 0. The average Bonchev–Trinajstić information content (AvgIpc) is 2.09. The molecule has 1 atom stereocenters. The molecule has 0 fully saturated rings. The summed E-state index contributed by atoms with van der Waals surface area (Å²) < 4.78 is 0. The second-order valence-electron chi connectivity index (χ2n) is 3.47. The Hall–Kier alpha value is -1.06. The minimum atomic E-state index is -1.37. The van der Waals surface area contributed by atoms with E-state index in [2.05, 4.69) is 0 Å². The quantitative estimate of drug-likeness (QED) is 0.789. The van der Waals surface area contributed by atoms with E-state index in [1.807, 2.05) is 6.92 Å². The average molecular weight is 214 g/mol. The van der Waals surface area contributed by atoms with Crippen LogP contribution in [0, 0.1) is 6.92 Å². The van der Waals surface area contributed by atoms with E-state index in [0.29, 0.717) is 10.6 Å². The van der Waals surface area contributed by atoms with Crippen molar-refractivity contribution >= 4 is 17.6 Å². The smallest absolute Gasteiger partial charge is 0.328 e. The lowest BCUT2D eigenvalue weighted by atomic mass is 9.92. The highest BCUT2D eigenvalue weighted by Gasteiger charge is 2.30. The van der Waals surface area contributed by atoms with Gasteiger partial charge in [-0.05, 0) is 31.0 Å². The van der Waals surface area contributed by atoms with Gasteiger partial charge in [-0.15, -0.1) is 0 Å². The van der Waals surface area contributed by atoms with Gasteiger partial charge in [-0.1, -0.05) is 23.7 Å². The van der Waals surface area contributed by atoms with E-state index in [9.17, 15) is 4.79 Å². The Bertz CT molecular complexity index is 374. The minimum Gasteiger partial charge on any atom is -0.480 e. The lowest BCUT2D eigenvalue weighted by Crippen LogP contribution is -2.41. The van der Waals surface area contributed by atoms with Gasteiger partial charge in [0.25, 0.3) is 0 Å². The molecule has 0 aliphatic carbocycles. The number of carbonyl (C=O) groups is 1. The fourth-order valence-corrected chi connectivity index (χ4v) is 1.21. The van der Waals surface area contributed by atoms with Gasteiger partial charge in [0.2, 0.25) is 0 Å². The number of aryl methyl sites for hydroxylation is 1. The molecule has 0 spiro atoms. The number of hydrogen-bond donors (Lipinski definition) is 2. The van der Waals surface area contributed by atoms with Crippen molar-refractivity contribution in [2.24, 2.45) is 5.73 Å². The van der Waals surface area contributed by atoms with E-state index in [0.717, 1.165) is 5.56 Å². The first-order valence-corrected chi connectivity index (χ1v) is 4.52. The van der Waals surface area contributed by atoms with Crippen LogP contribution in [0.25, 0.3) is 0 Å². The van der Waals surface area contributed by atoms with Gasteiger partial charge >= 0.3 is 5.97 Å². The monoisotopic (exact) mass is 213 g/mol. The van der Waals surface area contributed by atoms with Crippen LogP contribution in [-0.2, 0) is 10.3 Å². The van der Waals surface area contributed by atoms with Crippen molar-refractivity contribution in [1.82, 2.24) is 0 Å². The van der Waals surface area contributed by atoms with Crippen LogP contribution < -0.4 is 5.73 Å². The van der Waals surface area contributed by atoms with E-state index in [1.54, 1.807) is 18.2 Å². The zero-order valence-electron chi connectivity index (χ0n) is 8.04. The van der Waals surface area contributed by atoms with Crippen molar-refractivity contribution in [1.29, 1.82) is 0 Å². The molecule has 0 saturated heterocycles. The first-order chi connectivity index (χ1) is 6.35. The second-order valence-corrected chi connectivity index (χ2v) is 3.88. The van der Waals surface area contributed by atoms with Gasteiger partial charge < -0.3 is 10.8 Å². The van der Waals surface area contributed by atoms with Gasteiger partial charge in [0.1, 0.15) is 5.54 Å². The van der Waals surface area contributed by atoms with Crippen LogP contribution >= 0.6 is 11.6 Å². The molecule has 0 aliphatic rings. The maximum Gasteiger partial charge on any atom is 0.328 e. The number of nitrogens with two attached hydrogens (primary N) is 1. The topological polar surface area (TPSA) is 63.3 Å². The Balaban J connectivity index is 3.21. The zero-order chi connectivity index (χ0) is 10.9. The molecule has 3 nitrogen and oxygen atoms in total. The Morgan fingerprint density at radius 2 is 2.14 bits per heavy atom. The lowest BCUT2D eigenvalue weighted by molar-refractivity contribution is -0.143. The van der Waals surface area contributed by atoms with Crippen LogP contribution in [0.3, 0.4) is 0 Å². The Morgan fingerprint density at radius 3 is 2.57 bits per heavy atom. The van der Waals surface area contributed by atoms with Crippen LogP contribution in [0.15, 0.2) is 18.2 Å². The van der Waals surface area contributed by atoms with Gasteiger partial charge in [-0.25, -0.2) is 4.79 Å². The van der Waals surface area contributed by atoms with E-state index >= 15 is 0 Å². The van der Waals surface area contributed by atoms with Crippen molar-refractivity contribution in [3.05, 3.63) is 34.3 Å².